The normalized spacial score (nSPS) is 19.6. The van der Waals surface area contributed by atoms with Gasteiger partial charge in [0.05, 0.1) is 13.2 Å². The van der Waals surface area contributed by atoms with Crippen molar-refractivity contribution in [2.24, 2.45) is 5.92 Å². The number of rotatable bonds is 9. The van der Waals surface area contributed by atoms with Gasteiger partial charge in [-0.3, -0.25) is 9.36 Å². The lowest BCUT2D eigenvalue weighted by molar-refractivity contribution is -0.105. The Labute approximate surface area is 130 Å². The van der Waals surface area contributed by atoms with Crippen LogP contribution in [0.5, 0.6) is 0 Å². The van der Waals surface area contributed by atoms with Gasteiger partial charge in [-0.15, -0.1) is 0 Å². The Kier molecular flexibility index (Phi) is 7.10. The van der Waals surface area contributed by atoms with E-state index in [1.807, 2.05) is 0 Å². The number of aldehydes is 1. The quantitative estimate of drug-likeness (QED) is 0.347. The van der Waals surface area contributed by atoms with Crippen LogP contribution in [0.2, 0.25) is 0 Å². The van der Waals surface area contributed by atoms with E-state index in [0.29, 0.717) is 30.4 Å². The lowest BCUT2D eigenvalue weighted by Crippen LogP contribution is -2.23. The molecular formula is C15H23F2O4P. The van der Waals surface area contributed by atoms with Crippen LogP contribution in [-0.2, 0) is 18.4 Å². The lowest BCUT2D eigenvalue weighted by atomic mass is 9.84. The molecule has 0 aliphatic heterocycles. The third-order valence-corrected chi connectivity index (χ3v) is 5.77. The first-order chi connectivity index (χ1) is 10.3. The molecule has 0 bridgehead atoms. The van der Waals surface area contributed by atoms with Gasteiger partial charge in [0.2, 0.25) is 0 Å². The van der Waals surface area contributed by atoms with Crippen LogP contribution in [0.1, 0.15) is 39.5 Å². The fourth-order valence-electron chi connectivity index (χ4n) is 2.41. The first-order valence-electron chi connectivity index (χ1n) is 7.38. The van der Waals surface area contributed by atoms with E-state index in [9.17, 15) is 18.1 Å². The topological polar surface area (TPSA) is 52.6 Å². The summed E-state index contributed by atoms with van der Waals surface area (Å²) in [7, 11) is -4.51. The van der Waals surface area contributed by atoms with Gasteiger partial charge in [-0.25, -0.2) is 0 Å². The number of hydrogen-bond donors (Lipinski definition) is 0. The maximum Gasteiger partial charge on any atom is 0.399 e. The summed E-state index contributed by atoms with van der Waals surface area (Å²) in [5, 5.41) is 0. The van der Waals surface area contributed by atoms with E-state index in [0.717, 1.165) is 6.29 Å². The molecule has 126 valence electrons. The van der Waals surface area contributed by atoms with E-state index >= 15 is 0 Å². The van der Waals surface area contributed by atoms with Gasteiger partial charge in [0.15, 0.2) is 0 Å². The molecular weight excluding hydrogens is 313 g/mol. The van der Waals surface area contributed by atoms with E-state index in [1.54, 1.807) is 6.08 Å². The summed E-state index contributed by atoms with van der Waals surface area (Å²) >= 11 is 0. The smallest absolute Gasteiger partial charge is 0.305 e. The zero-order valence-electron chi connectivity index (χ0n) is 13.0. The molecule has 0 unspecified atom stereocenters. The Balaban J connectivity index is 2.78. The van der Waals surface area contributed by atoms with Crippen molar-refractivity contribution >= 4 is 13.9 Å². The van der Waals surface area contributed by atoms with Gasteiger partial charge in [0, 0.05) is 6.42 Å². The number of carbonyl (C=O) groups excluding carboxylic acids is 1. The molecule has 0 spiro atoms. The third kappa shape index (κ3) is 4.58. The lowest BCUT2D eigenvalue weighted by Gasteiger charge is -2.29. The van der Waals surface area contributed by atoms with Gasteiger partial charge in [-0.1, -0.05) is 18.2 Å². The van der Waals surface area contributed by atoms with Crippen molar-refractivity contribution in [1.29, 1.82) is 0 Å². The van der Waals surface area contributed by atoms with Crippen molar-refractivity contribution in [3.63, 3.8) is 0 Å². The van der Waals surface area contributed by atoms with Crippen molar-refractivity contribution in [3.8, 4) is 0 Å². The predicted octanol–water partition coefficient (Wildman–Crippen LogP) is 4.72. The highest BCUT2D eigenvalue weighted by Gasteiger charge is 2.53. The Bertz CT molecular complexity index is 478. The highest BCUT2D eigenvalue weighted by molar-refractivity contribution is 7.55. The largest absolute Gasteiger partial charge is 0.399 e. The monoisotopic (exact) mass is 336 g/mol. The zero-order chi connectivity index (χ0) is 16.8. The van der Waals surface area contributed by atoms with Crippen LogP contribution >= 0.6 is 7.60 Å². The van der Waals surface area contributed by atoms with Gasteiger partial charge in [-0.2, -0.15) is 8.78 Å². The molecule has 1 aliphatic rings. The Morgan fingerprint density at radius 2 is 2.05 bits per heavy atom. The van der Waals surface area contributed by atoms with Crippen LogP contribution in [0.4, 0.5) is 8.78 Å². The first kappa shape index (κ1) is 19.2. The maximum absolute atomic E-state index is 14.3. The predicted molar refractivity (Wildman–Crippen MR) is 81.1 cm³/mol. The molecule has 0 heterocycles. The molecule has 0 aromatic rings. The van der Waals surface area contributed by atoms with E-state index in [1.165, 1.54) is 13.8 Å². The molecule has 0 radical (unpaired) electrons. The second-order valence-electron chi connectivity index (χ2n) is 5.20. The molecule has 0 N–H and O–H groups in total. The van der Waals surface area contributed by atoms with Gasteiger partial charge in [0.1, 0.15) is 6.29 Å². The molecule has 0 aromatic heterocycles. The van der Waals surface area contributed by atoms with Crippen molar-refractivity contribution in [2.75, 3.05) is 13.2 Å². The molecule has 0 saturated carbocycles. The van der Waals surface area contributed by atoms with Crippen LogP contribution < -0.4 is 0 Å². The van der Waals surface area contributed by atoms with Gasteiger partial charge in [0.25, 0.3) is 0 Å². The van der Waals surface area contributed by atoms with Gasteiger partial charge >= 0.3 is 13.3 Å². The minimum Gasteiger partial charge on any atom is -0.305 e. The number of halogens is 2. The Morgan fingerprint density at radius 1 is 1.45 bits per heavy atom. The summed E-state index contributed by atoms with van der Waals surface area (Å²) in [6.07, 6.45) is 3.43. The fourth-order valence-corrected chi connectivity index (χ4v) is 3.94. The molecule has 4 nitrogen and oxygen atoms in total. The summed E-state index contributed by atoms with van der Waals surface area (Å²) in [6, 6.07) is 0. The fraction of sp³-hybridized carbons (Fsp3) is 0.667. The molecule has 22 heavy (non-hydrogen) atoms. The molecule has 7 heteroatoms. The Hall–Kier alpha value is -0.840. The van der Waals surface area contributed by atoms with Crippen molar-refractivity contribution in [1.82, 2.24) is 0 Å². The first-order valence-corrected chi connectivity index (χ1v) is 8.92. The molecule has 1 atom stereocenters. The summed E-state index contributed by atoms with van der Waals surface area (Å²) < 4.78 is 50.4. The summed E-state index contributed by atoms with van der Waals surface area (Å²) in [6.45, 7) is 6.46. The number of alkyl halides is 2. The average molecular weight is 336 g/mol. The standard InChI is InChI=1S/C15H23F2O4P/c1-4-20-22(19,21-5-2)15(16,17)10-12(3)14-8-6-13(11-18)7-9-14/h6,11,14H,3-5,7-10H2,1-2H3/t14-/m0/s1. The molecule has 0 amide bonds. The van der Waals surface area contributed by atoms with E-state index in [2.05, 4.69) is 6.58 Å². The maximum atomic E-state index is 14.3. The molecule has 0 saturated heterocycles. The van der Waals surface area contributed by atoms with Gasteiger partial charge in [-0.05, 0) is 44.6 Å². The van der Waals surface area contributed by atoms with Crippen molar-refractivity contribution in [2.45, 2.75) is 45.2 Å². The molecule has 0 aromatic carbocycles. The van der Waals surface area contributed by atoms with Crippen molar-refractivity contribution < 1.29 is 27.2 Å². The Morgan fingerprint density at radius 3 is 2.45 bits per heavy atom. The minimum absolute atomic E-state index is 0.117. The summed E-state index contributed by atoms with van der Waals surface area (Å²) in [5.41, 5.74) is -2.61. The molecule has 1 aliphatic carbocycles. The third-order valence-electron chi connectivity index (χ3n) is 3.61. The summed E-state index contributed by atoms with van der Waals surface area (Å²) in [4.78, 5) is 10.7. The van der Waals surface area contributed by atoms with Crippen LogP contribution in [0, 0.1) is 5.92 Å². The van der Waals surface area contributed by atoms with Crippen molar-refractivity contribution in [3.05, 3.63) is 23.8 Å². The SMILES string of the molecule is C=C(CC(F)(F)P(=O)(OCC)OCC)[C@H]1CC=C(C=O)CC1. The van der Waals surface area contributed by atoms with E-state index < -0.39 is 19.7 Å². The number of allylic oxidation sites excluding steroid dienone is 3. The summed E-state index contributed by atoms with van der Waals surface area (Å²) in [5.74, 6) is -0.147. The van der Waals surface area contributed by atoms with Crippen LogP contribution in [0.15, 0.2) is 23.8 Å². The van der Waals surface area contributed by atoms with Crippen LogP contribution in [0.3, 0.4) is 0 Å². The van der Waals surface area contributed by atoms with Crippen LogP contribution in [0.25, 0.3) is 0 Å². The van der Waals surface area contributed by atoms with E-state index in [-0.39, 0.29) is 19.1 Å². The number of hydrogen-bond acceptors (Lipinski definition) is 4. The zero-order valence-corrected chi connectivity index (χ0v) is 13.9. The number of carbonyl (C=O) groups is 1. The van der Waals surface area contributed by atoms with Gasteiger partial charge < -0.3 is 9.05 Å². The van der Waals surface area contributed by atoms with Crippen LogP contribution in [-0.4, -0.2) is 25.2 Å². The highest BCUT2D eigenvalue weighted by Crippen LogP contribution is 2.64. The molecule has 1 rings (SSSR count). The minimum atomic E-state index is -4.51. The second-order valence-corrected chi connectivity index (χ2v) is 7.37. The van der Waals surface area contributed by atoms with E-state index in [4.69, 9.17) is 9.05 Å². The average Bonchev–Trinajstić information content (AvgIpc) is 2.47. The molecule has 0 fully saturated rings. The second kappa shape index (κ2) is 8.14. The highest BCUT2D eigenvalue weighted by atomic mass is 31.2.